The van der Waals surface area contributed by atoms with Crippen LogP contribution in [0.3, 0.4) is 0 Å². The maximum atomic E-state index is 11.9. The standard InChI is InChI=1S/C11H7BrN2O4/c1-6(12)5-13-10(15)8-3-2-7(14(17)18)4-9(8)11(13)16/h2-4H,1,5H2. The highest BCUT2D eigenvalue weighted by molar-refractivity contribution is 9.11. The highest BCUT2D eigenvalue weighted by atomic mass is 79.9. The van der Waals surface area contributed by atoms with E-state index in [1.807, 2.05) is 0 Å². The maximum absolute atomic E-state index is 11.9. The van der Waals surface area contributed by atoms with E-state index < -0.39 is 16.7 Å². The average Bonchev–Trinajstić information content (AvgIpc) is 2.53. The Labute approximate surface area is 110 Å². The van der Waals surface area contributed by atoms with Gasteiger partial charge in [-0.15, -0.1) is 0 Å². The summed E-state index contributed by atoms with van der Waals surface area (Å²) in [5.74, 6) is -1.01. The Morgan fingerprint density at radius 2 is 1.94 bits per heavy atom. The van der Waals surface area contributed by atoms with Crippen molar-refractivity contribution < 1.29 is 14.5 Å². The SMILES string of the molecule is C=C(Br)CN1C(=O)c2ccc([N+](=O)[O-])cc2C1=O. The molecule has 1 aromatic carbocycles. The molecule has 18 heavy (non-hydrogen) atoms. The van der Waals surface area contributed by atoms with Gasteiger partial charge in [-0.1, -0.05) is 22.5 Å². The predicted molar refractivity (Wildman–Crippen MR) is 66.5 cm³/mol. The first-order valence-electron chi connectivity index (χ1n) is 4.89. The van der Waals surface area contributed by atoms with E-state index in [9.17, 15) is 19.7 Å². The van der Waals surface area contributed by atoms with Crippen LogP contribution >= 0.6 is 15.9 Å². The number of carbonyl (C=O) groups excluding carboxylic acids is 2. The molecule has 0 radical (unpaired) electrons. The molecule has 0 aromatic heterocycles. The van der Waals surface area contributed by atoms with E-state index in [4.69, 9.17) is 0 Å². The number of halogens is 1. The van der Waals surface area contributed by atoms with Crippen molar-refractivity contribution in [2.75, 3.05) is 6.54 Å². The van der Waals surface area contributed by atoms with Crippen molar-refractivity contribution in [3.63, 3.8) is 0 Å². The third-order valence-corrected chi connectivity index (χ3v) is 2.75. The minimum Gasteiger partial charge on any atom is -0.269 e. The van der Waals surface area contributed by atoms with Gasteiger partial charge >= 0.3 is 0 Å². The summed E-state index contributed by atoms with van der Waals surface area (Å²) in [5.41, 5.74) is 0.0247. The Morgan fingerprint density at radius 1 is 1.33 bits per heavy atom. The Kier molecular flexibility index (Phi) is 3.00. The minimum atomic E-state index is -0.607. The van der Waals surface area contributed by atoms with Gasteiger partial charge in [0.15, 0.2) is 0 Å². The monoisotopic (exact) mass is 310 g/mol. The summed E-state index contributed by atoms with van der Waals surface area (Å²) in [5, 5.41) is 10.6. The minimum absolute atomic E-state index is 0.0418. The summed E-state index contributed by atoms with van der Waals surface area (Å²) in [4.78, 5) is 34.8. The van der Waals surface area contributed by atoms with Crippen molar-refractivity contribution in [1.29, 1.82) is 0 Å². The fourth-order valence-electron chi connectivity index (χ4n) is 1.71. The number of hydrogen-bond donors (Lipinski definition) is 0. The number of nitro benzene ring substituents is 1. The molecule has 6 nitrogen and oxygen atoms in total. The molecular weight excluding hydrogens is 304 g/mol. The molecule has 1 heterocycles. The maximum Gasteiger partial charge on any atom is 0.270 e. The van der Waals surface area contributed by atoms with E-state index in [0.29, 0.717) is 4.48 Å². The van der Waals surface area contributed by atoms with Crippen molar-refractivity contribution in [1.82, 2.24) is 4.90 Å². The fourth-order valence-corrected chi connectivity index (χ4v) is 1.96. The van der Waals surface area contributed by atoms with Gasteiger partial charge < -0.3 is 0 Å². The number of non-ortho nitro benzene ring substituents is 1. The summed E-state index contributed by atoms with van der Waals surface area (Å²) in [6.07, 6.45) is 0. The smallest absolute Gasteiger partial charge is 0.269 e. The summed E-state index contributed by atoms with van der Waals surface area (Å²) in [6.45, 7) is 3.60. The van der Waals surface area contributed by atoms with Crippen molar-refractivity contribution in [2.24, 2.45) is 0 Å². The second-order valence-electron chi connectivity index (χ2n) is 3.70. The van der Waals surface area contributed by atoms with Crippen LogP contribution in [0.4, 0.5) is 5.69 Å². The zero-order valence-corrected chi connectivity index (χ0v) is 10.6. The van der Waals surface area contributed by atoms with E-state index in [1.54, 1.807) is 0 Å². The lowest BCUT2D eigenvalue weighted by molar-refractivity contribution is -0.384. The van der Waals surface area contributed by atoms with Crippen molar-refractivity contribution >= 4 is 33.4 Å². The molecule has 0 spiro atoms. The van der Waals surface area contributed by atoms with Gasteiger partial charge in [0.1, 0.15) is 0 Å². The highest BCUT2D eigenvalue weighted by Gasteiger charge is 2.36. The molecule has 1 aliphatic heterocycles. The Balaban J connectivity index is 2.45. The zero-order valence-electron chi connectivity index (χ0n) is 9.05. The average molecular weight is 311 g/mol. The highest BCUT2D eigenvalue weighted by Crippen LogP contribution is 2.27. The van der Waals surface area contributed by atoms with Gasteiger partial charge in [-0.25, -0.2) is 0 Å². The number of amides is 2. The number of rotatable bonds is 3. The molecule has 1 aromatic rings. The van der Waals surface area contributed by atoms with E-state index in [1.165, 1.54) is 12.1 Å². The second kappa shape index (κ2) is 4.34. The number of carbonyl (C=O) groups is 2. The first kappa shape index (κ1) is 12.4. The van der Waals surface area contributed by atoms with Gasteiger partial charge in [-0.3, -0.25) is 24.6 Å². The molecule has 0 unspecified atom stereocenters. The van der Waals surface area contributed by atoms with E-state index >= 15 is 0 Å². The van der Waals surface area contributed by atoms with Crippen LogP contribution < -0.4 is 0 Å². The zero-order chi connectivity index (χ0) is 13.4. The normalized spacial score (nSPS) is 13.7. The van der Waals surface area contributed by atoms with Gasteiger partial charge in [0.25, 0.3) is 17.5 Å². The van der Waals surface area contributed by atoms with Crippen molar-refractivity contribution in [3.05, 3.63) is 50.5 Å². The number of imide groups is 1. The lowest BCUT2D eigenvalue weighted by atomic mass is 10.1. The first-order valence-corrected chi connectivity index (χ1v) is 5.69. The number of benzene rings is 1. The molecule has 0 saturated heterocycles. The second-order valence-corrected chi connectivity index (χ2v) is 4.82. The summed E-state index contributed by atoms with van der Waals surface area (Å²) < 4.78 is 0.478. The molecular formula is C11H7BrN2O4. The molecule has 92 valence electrons. The quantitative estimate of drug-likeness (QED) is 0.486. The topological polar surface area (TPSA) is 80.5 Å². The molecule has 0 atom stereocenters. The molecule has 0 fully saturated rings. The largest absolute Gasteiger partial charge is 0.270 e. The van der Waals surface area contributed by atoms with Crippen LogP contribution in [0.25, 0.3) is 0 Å². The Hall–Kier alpha value is -2.02. The lowest BCUT2D eigenvalue weighted by Crippen LogP contribution is -2.30. The third kappa shape index (κ3) is 1.92. The summed E-state index contributed by atoms with van der Waals surface area (Å²) >= 11 is 3.07. The van der Waals surface area contributed by atoms with Crippen LogP contribution in [0.2, 0.25) is 0 Å². The Bertz CT molecular complexity index is 597. The van der Waals surface area contributed by atoms with Crippen LogP contribution in [-0.2, 0) is 0 Å². The summed E-state index contributed by atoms with van der Waals surface area (Å²) in [7, 11) is 0. The molecule has 1 aliphatic rings. The molecule has 0 aliphatic carbocycles. The first-order chi connectivity index (χ1) is 8.41. The van der Waals surface area contributed by atoms with E-state index in [2.05, 4.69) is 22.5 Å². The Morgan fingerprint density at radius 3 is 2.50 bits per heavy atom. The third-order valence-electron chi connectivity index (χ3n) is 2.49. The van der Waals surface area contributed by atoms with E-state index in [-0.39, 0.29) is 23.4 Å². The van der Waals surface area contributed by atoms with Crippen molar-refractivity contribution in [2.45, 2.75) is 0 Å². The van der Waals surface area contributed by atoms with Crippen LogP contribution in [0.5, 0.6) is 0 Å². The number of nitrogens with zero attached hydrogens (tertiary/aromatic N) is 2. The molecule has 2 rings (SSSR count). The van der Waals surface area contributed by atoms with Crippen LogP contribution in [0.15, 0.2) is 29.3 Å². The van der Waals surface area contributed by atoms with Gasteiger partial charge in [0, 0.05) is 16.6 Å². The molecule has 2 amide bonds. The van der Waals surface area contributed by atoms with Crippen LogP contribution in [0, 0.1) is 10.1 Å². The van der Waals surface area contributed by atoms with Gasteiger partial charge in [-0.2, -0.15) is 0 Å². The summed E-state index contributed by atoms with van der Waals surface area (Å²) in [6, 6.07) is 3.62. The predicted octanol–water partition coefficient (Wildman–Crippen LogP) is 2.10. The molecule has 0 saturated carbocycles. The van der Waals surface area contributed by atoms with Gasteiger partial charge in [0.2, 0.25) is 0 Å². The number of fused-ring (bicyclic) bond motifs is 1. The molecule has 0 bridgehead atoms. The van der Waals surface area contributed by atoms with Gasteiger partial charge in [0.05, 0.1) is 22.6 Å². The van der Waals surface area contributed by atoms with Crippen molar-refractivity contribution in [3.8, 4) is 0 Å². The van der Waals surface area contributed by atoms with E-state index in [0.717, 1.165) is 11.0 Å². The van der Waals surface area contributed by atoms with Gasteiger partial charge in [-0.05, 0) is 6.07 Å². The molecule has 0 N–H and O–H groups in total. The fraction of sp³-hybridized carbons (Fsp3) is 0.0909. The molecule has 7 heteroatoms. The lowest BCUT2D eigenvalue weighted by Gasteiger charge is -2.11. The number of hydrogen-bond acceptors (Lipinski definition) is 4. The van der Waals surface area contributed by atoms with Crippen LogP contribution in [0.1, 0.15) is 20.7 Å². The van der Waals surface area contributed by atoms with Crippen LogP contribution in [-0.4, -0.2) is 28.2 Å². The number of nitro groups is 1.